The second kappa shape index (κ2) is 8.22. The number of nitrogens with zero attached hydrogens (tertiary/aromatic N) is 1. The summed E-state index contributed by atoms with van der Waals surface area (Å²) in [5.74, 6) is 2.32. The van der Waals surface area contributed by atoms with Gasteiger partial charge in [-0.3, -0.25) is 9.79 Å². The molecule has 0 saturated heterocycles. The Bertz CT molecular complexity index is 266. The standard InChI is InChI=1S/C11H22N4OS/c1-12-11(15-7-8-17-2)14-6-5-13-10(16)9-3-4-9/h9H,3-8H2,1-2H3,(H,13,16)(H2,12,14,15). The van der Waals surface area contributed by atoms with Gasteiger partial charge in [0.25, 0.3) is 0 Å². The number of hydrogen-bond acceptors (Lipinski definition) is 3. The third-order valence-corrected chi connectivity index (χ3v) is 3.10. The second-order valence-electron chi connectivity index (χ2n) is 3.98. The Morgan fingerprint density at radius 3 is 2.47 bits per heavy atom. The minimum absolute atomic E-state index is 0.192. The van der Waals surface area contributed by atoms with Gasteiger partial charge in [0, 0.05) is 38.4 Å². The zero-order chi connectivity index (χ0) is 12.5. The molecule has 0 bridgehead atoms. The van der Waals surface area contributed by atoms with Crippen molar-refractivity contribution in [1.29, 1.82) is 0 Å². The van der Waals surface area contributed by atoms with Gasteiger partial charge in [0.05, 0.1) is 0 Å². The molecule has 0 unspecified atom stereocenters. The third kappa shape index (κ3) is 6.41. The molecule has 5 nitrogen and oxygen atoms in total. The van der Waals surface area contributed by atoms with Gasteiger partial charge >= 0.3 is 0 Å². The number of carbonyl (C=O) groups excluding carboxylic acids is 1. The number of guanidine groups is 1. The molecule has 0 aromatic carbocycles. The van der Waals surface area contributed by atoms with Crippen LogP contribution in [0.25, 0.3) is 0 Å². The van der Waals surface area contributed by atoms with Crippen molar-refractivity contribution in [2.24, 2.45) is 10.9 Å². The second-order valence-corrected chi connectivity index (χ2v) is 4.97. The van der Waals surface area contributed by atoms with E-state index in [-0.39, 0.29) is 11.8 Å². The van der Waals surface area contributed by atoms with Crippen LogP contribution in [0.5, 0.6) is 0 Å². The van der Waals surface area contributed by atoms with Crippen LogP contribution in [0.3, 0.4) is 0 Å². The number of nitrogens with one attached hydrogen (secondary N) is 3. The first-order chi connectivity index (χ1) is 8.27. The average molecular weight is 258 g/mol. The first-order valence-electron chi connectivity index (χ1n) is 5.99. The normalized spacial score (nSPS) is 15.5. The van der Waals surface area contributed by atoms with Crippen LogP contribution in [-0.2, 0) is 4.79 Å². The van der Waals surface area contributed by atoms with Crippen LogP contribution in [0, 0.1) is 5.92 Å². The SMILES string of the molecule is CN=C(NCCNC(=O)C1CC1)NCCSC. The summed E-state index contributed by atoms with van der Waals surface area (Å²) in [6.45, 7) is 2.26. The van der Waals surface area contributed by atoms with Gasteiger partial charge in [-0.15, -0.1) is 0 Å². The van der Waals surface area contributed by atoms with E-state index in [9.17, 15) is 4.79 Å². The maximum Gasteiger partial charge on any atom is 0.223 e. The van der Waals surface area contributed by atoms with Crippen molar-refractivity contribution >= 4 is 23.6 Å². The Balaban J connectivity index is 2.00. The van der Waals surface area contributed by atoms with E-state index in [2.05, 4.69) is 27.2 Å². The van der Waals surface area contributed by atoms with Crippen LogP contribution in [0.15, 0.2) is 4.99 Å². The molecule has 98 valence electrons. The van der Waals surface area contributed by atoms with Gasteiger partial charge < -0.3 is 16.0 Å². The van der Waals surface area contributed by atoms with Crippen LogP contribution in [0.4, 0.5) is 0 Å². The minimum atomic E-state index is 0.192. The zero-order valence-electron chi connectivity index (χ0n) is 10.6. The smallest absolute Gasteiger partial charge is 0.223 e. The average Bonchev–Trinajstić information content (AvgIpc) is 3.16. The number of amides is 1. The highest BCUT2D eigenvalue weighted by atomic mass is 32.2. The van der Waals surface area contributed by atoms with E-state index in [0.29, 0.717) is 13.1 Å². The van der Waals surface area contributed by atoms with Gasteiger partial charge in [-0.2, -0.15) is 11.8 Å². The fourth-order valence-electron chi connectivity index (χ4n) is 1.35. The van der Waals surface area contributed by atoms with Crippen LogP contribution in [0.2, 0.25) is 0 Å². The predicted molar refractivity (Wildman–Crippen MR) is 73.5 cm³/mol. The minimum Gasteiger partial charge on any atom is -0.356 e. The molecule has 0 atom stereocenters. The quantitative estimate of drug-likeness (QED) is 0.343. The molecule has 1 saturated carbocycles. The largest absolute Gasteiger partial charge is 0.356 e. The molecule has 0 spiro atoms. The van der Waals surface area contributed by atoms with Gasteiger partial charge in [-0.1, -0.05) is 0 Å². The molecular weight excluding hydrogens is 236 g/mol. The van der Waals surface area contributed by atoms with E-state index in [0.717, 1.165) is 31.1 Å². The van der Waals surface area contributed by atoms with Crippen molar-refractivity contribution in [1.82, 2.24) is 16.0 Å². The summed E-state index contributed by atoms with van der Waals surface area (Å²) in [6, 6.07) is 0. The van der Waals surface area contributed by atoms with E-state index in [1.165, 1.54) is 0 Å². The first kappa shape index (κ1) is 14.2. The molecule has 0 aromatic heterocycles. The highest BCUT2D eigenvalue weighted by Crippen LogP contribution is 2.28. The number of thioether (sulfide) groups is 1. The fraction of sp³-hybridized carbons (Fsp3) is 0.818. The van der Waals surface area contributed by atoms with E-state index in [1.54, 1.807) is 18.8 Å². The third-order valence-electron chi connectivity index (χ3n) is 2.49. The summed E-state index contributed by atoms with van der Waals surface area (Å²) in [4.78, 5) is 15.4. The number of rotatable bonds is 7. The molecule has 6 heteroatoms. The van der Waals surface area contributed by atoms with Crippen molar-refractivity contribution in [3.8, 4) is 0 Å². The maximum atomic E-state index is 11.3. The van der Waals surface area contributed by atoms with Gasteiger partial charge in [-0.05, 0) is 19.1 Å². The lowest BCUT2D eigenvalue weighted by molar-refractivity contribution is -0.122. The van der Waals surface area contributed by atoms with E-state index in [4.69, 9.17) is 0 Å². The monoisotopic (exact) mass is 258 g/mol. The Hall–Kier alpha value is -0.910. The van der Waals surface area contributed by atoms with Crippen molar-refractivity contribution in [3.63, 3.8) is 0 Å². The number of carbonyl (C=O) groups is 1. The summed E-state index contributed by atoms with van der Waals surface area (Å²) >= 11 is 1.79. The summed E-state index contributed by atoms with van der Waals surface area (Å²) < 4.78 is 0. The maximum absolute atomic E-state index is 11.3. The molecule has 0 heterocycles. The molecule has 1 fully saturated rings. The Labute approximate surface area is 107 Å². The fourth-order valence-corrected chi connectivity index (χ4v) is 1.65. The van der Waals surface area contributed by atoms with E-state index >= 15 is 0 Å². The Kier molecular flexibility index (Phi) is 6.84. The van der Waals surface area contributed by atoms with E-state index < -0.39 is 0 Å². The lowest BCUT2D eigenvalue weighted by Crippen LogP contribution is -2.42. The summed E-state index contributed by atoms with van der Waals surface area (Å²) in [7, 11) is 1.75. The first-order valence-corrected chi connectivity index (χ1v) is 7.38. The topological polar surface area (TPSA) is 65.5 Å². The Morgan fingerprint density at radius 2 is 1.88 bits per heavy atom. The molecule has 1 rings (SSSR count). The number of aliphatic imine (C=N–C) groups is 1. The lowest BCUT2D eigenvalue weighted by atomic mass is 10.4. The van der Waals surface area contributed by atoms with Gasteiger partial charge in [0.1, 0.15) is 0 Å². The number of hydrogen-bond donors (Lipinski definition) is 3. The molecule has 1 aliphatic carbocycles. The lowest BCUT2D eigenvalue weighted by Gasteiger charge is -2.11. The molecule has 1 amide bonds. The van der Waals surface area contributed by atoms with Gasteiger partial charge in [0.15, 0.2) is 5.96 Å². The van der Waals surface area contributed by atoms with Crippen LogP contribution < -0.4 is 16.0 Å². The highest BCUT2D eigenvalue weighted by molar-refractivity contribution is 7.98. The molecule has 3 N–H and O–H groups in total. The summed E-state index contributed by atoms with van der Waals surface area (Å²) in [6.07, 6.45) is 4.18. The summed E-state index contributed by atoms with van der Waals surface area (Å²) in [5.41, 5.74) is 0. The predicted octanol–water partition coefficient (Wildman–Crippen LogP) is 0.0406. The summed E-state index contributed by atoms with van der Waals surface area (Å²) in [5, 5.41) is 9.26. The highest BCUT2D eigenvalue weighted by Gasteiger charge is 2.28. The molecule has 1 aliphatic rings. The molecule has 0 aromatic rings. The van der Waals surface area contributed by atoms with Crippen molar-refractivity contribution < 1.29 is 4.79 Å². The van der Waals surface area contributed by atoms with Gasteiger partial charge in [0.2, 0.25) is 5.91 Å². The Morgan fingerprint density at radius 1 is 1.24 bits per heavy atom. The van der Waals surface area contributed by atoms with Crippen molar-refractivity contribution in [2.75, 3.05) is 38.7 Å². The van der Waals surface area contributed by atoms with Crippen LogP contribution >= 0.6 is 11.8 Å². The van der Waals surface area contributed by atoms with Crippen LogP contribution in [-0.4, -0.2) is 50.6 Å². The zero-order valence-corrected chi connectivity index (χ0v) is 11.4. The van der Waals surface area contributed by atoms with Crippen molar-refractivity contribution in [2.45, 2.75) is 12.8 Å². The molecule has 0 radical (unpaired) electrons. The van der Waals surface area contributed by atoms with Crippen molar-refractivity contribution in [3.05, 3.63) is 0 Å². The van der Waals surface area contributed by atoms with Gasteiger partial charge in [-0.25, -0.2) is 0 Å². The molecule has 17 heavy (non-hydrogen) atoms. The molecular formula is C11H22N4OS. The molecule has 0 aliphatic heterocycles. The van der Waals surface area contributed by atoms with E-state index in [1.807, 2.05) is 0 Å². The van der Waals surface area contributed by atoms with Crippen LogP contribution in [0.1, 0.15) is 12.8 Å².